The maximum Gasteiger partial charge on any atom is 0.168 e. The highest BCUT2D eigenvalue weighted by Gasteiger charge is 2.12. The molecule has 0 aliphatic heterocycles. The lowest BCUT2D eigenvalue weighted by Gasteiger charge is -2.12. The predicted octanol–water partition coefficient (Wildman–Crippen LogP) is 1.78. The summed E-state index contributed by atoms with van der Waals surface area (Å²) in [6.45, 7) is 4.54. The van der Waals surface area contributed by atoms with Gasteiger partial charge in [0.15, 0.2) is 12.1 Å². The minimum Gasteiger partial charge on any atom is -0.371 e. The Bertz CT molecular complexity index is 302. The highest BCUT2D eigenvalue weighted by Crippen LogP contribution is 2.16. The van der Waals surface area contributed by atoms with E-state index in [1.165, 1.54) is 0 Å². The molecule has 0 saturated carbocycles. The first-order chi connectivity index (χ1) is 6.81. The fourth-order valence-corrected chi connectivity index (χ4v) is 1.19. The highest BCUT2D eigenvalue weighted by atomic mass is 16.5. The van der Waals surface area contributed by atoms with E-state index in [1.54, 1.807) is 12.3 Å². The quantitative estimate of drug-likeness (QED) is 0.670. The van der Waals surface area contributed by atoms with Gasteiger partial charge in [0, 0.05) is 12.8 Å². The number of rotatable bonds is 5. The molecule has 1 unspecified atom stereocenters. The van der Waals surface area contributed by atoms with Crippen molar-refractivity contribution in [1.29, 1.82) is 0 Å². The van der Waals surface area contributed by atoms with Gasteiger partial charge < -0.3 is 4.74 Å². The monoisotopic (exact) mass is 194 g/mol. The van der Waals surface area contributed by atoms with Crippen LogP contribution >= 0.6 is 0 Å². The van der Waals surface area contributed by atoms with Crippen LogP contribution in [0.25, 0.3) is 0 Å². The van der Waals surface area contributed by atoms with E-state index in [9.17, 15) is 4.79 Å². The Morgan fingerprint density at radius 3 is 2.93 bits per heavy atom. The number of carbonyl (C=O) groups is 1. The largest absolute Gasteiger partial charge is 0.371 e. The molecule has 14 heavy (non-hydrogen) atoms. The SMILES string of the molecule is CCOC(CC)c1nccc(C=O)n1. The van der Waals surface area contributed by atoms with Crippen molar-refractivity contribution in [2.45, 2.75) is 26.4 Å². The molecular weight excluding hydrogens is 180 g/mol. The van der Waals surface area contributed by atoms with Crippen LogP contribution < -0.4 is 0 Å². The number of carbonyl (C=O) groups excluding carboxylic acids is 1. The number of aromatic nitrogens is 2. The van der Waals surface area contributed by atoms with Crippen LogP contribution in [0.2, 0.25) is 0 Å². The standard InChI is InChI=1S/C10H14N2O2/c1-3-9(14-4-2)10-11-6-5-8(7-13)12-10/h5-7,9H,3-4H2,1-2H3. The lowest BCUT2D eigenvalue weighted by molar-refractivity contribution is 0.0533. The molecule has 4 heteroatoms. The van der Waals surface area contributed by atoms with Crippen molar-refractivity contribution in [2.75, 3.05) is 6.61 Å². The molecule has 1 atom stereocenters. The summed E-state index contributed by atoms with van der Waals surface area (Å²) in [6.07, 6.45) is 2.98. The molecule has 0 N–H and O–H groups in total. The molecule has 0 aliphatic carbocycles. The lowest BCUT2D eigenvalue weighted by atomic mass is 10.2. The van der Waals surface area contributed by atoms with Crippen molar-refractivity contribution in [2.24, 2.45) is 0 Å². The molecule has 4 nitrogen and oxygen atoms in total. The summed E-state index contributed by atoms with van der Waals surface area (Å²) in [4.78, 5) is 18.7. The molecule has 1 heterocycles. The molecular formula is C10H14N2O2. The zero-order valence-corrected chi connectivity index (χ0v) is 8.43. The van der Waals surface area contributed by atoms with Gasteiger partial charge in [0.2, 0.25) is 0 Å². The van der Waals surface area contributed by atoms with Crippen LogP contribution in [0.4, 0.5) is 0 Å². The molecule has 0 saturated heterocycles. The van der Waals surface area contributed by atoms with Crippen molar-refractivity contribution < 1.29 is 9.53 Å². The van der Waals surface area contributed by atoms with Crippen molar-refractivity contribution >= 4 is 6.29 Å². The maximum absolute atomic E-state index is 10.5. The zero-order chi connectivity index (χ0) is 10.4. The third-order valence-electron chi connectivity index (χ3n) is 1.84. The molecule has 1 rings (SSSR count). The van der Waals surface area contributed by atoms with E-state index in [1.807, 2.05) is 13.8 Å². The Morgan fingerprint density at radius 1 is 1.57 bits per heavy atom. The van der Waals surface area contributed by atoms with E-state index in [4.69, 9.17) is 4.74 Å². The van der Waals surface area contributed by atoms with Gasteiger partial charge in [-0.15, -0.1) is 0 Å². The van der Waals surface area contributed by atoms with Crippen molar-refractivity contribution in [1.82, 2.24) is 9.97 Å². The smallest absolute Gasteiger partial charge is 0.168 e. The van der Waals surface area contributed by atoms with Gasteiger partial charge in [0.05, 0.1) is 0 Å². The molecule has 0 spiro atoms. The van der Waals surface area contributed by atoms with E-state index in [0.29, 0.717) is 24.4 Å². The zero-order valence-electron chi connectivity index (χ0n) is 8.43. The van der Waals surface area contributed by atoms with E-state index >= 15 is 0 Å². The second kappa shape index (κ2) is 5.44. The Morgan fingerprint density at radius 2 is 2.36 bits per heavy atom. The number of hydrogen-bond donors (Lipinski definition) is 0. The normalized spacial score (nSPS) is 12.4. The third kappa shape index (κ3) is 2.60. The van der Waals surface area contributed by atoms with Crippen LogP contribution in [0.5, 0.6) is 0 Å². The van der Waals surface area contributed by atoms with Gasteiger partial charge >= 0.3 is 0 Å². The van der Waals surface area contributed by atoms with E-state index in [2.05, 4.69) is 9.97 Å². The average Bonchev–Trinajstić information content (AvgIpc) is 2.26. The van der Waals surface area contributed by atoms with E-state index < -0.39 is 0 Å². The second-order valence-electron chi connectivity index (χ2n) is 2.81. The molecule has 0 aromatic carbocycles. The summed E-state index contributed by atoms with van der Waals surface area (Å²) in [7, 11) is 0. The minimum atomic E-state index is -0.111. The Labute approximate surface area is 83.3 Å². The molecule has 0 radical (unpaired) electrons. The van der Waals surface area contributed by atoms with Crippen molar-refractivity contribution in [3.63, 3.8) is 0 Å². The van der Waals surface area contributed by atoms with Crippen molar-refractivity contribution in [3.05, 3.63) is 23.8 Å². The molecule has 1 aromatic heterocycles. The molecule has 0 amide bonds. The van der Waals surface area contributed by atoms with Crippen molar-refractivity contribution in [3.8, 4) is 0 Å². The van der Waals surface area contributed by atoms with Gasteiger partial charge in [-0.3, -0.25) is 4.79 Å². The summed E-state index contributed by atoms with van der Waals surface area (Å²) in [5.74, 6) is 0.582. The first-order valence-corrected chi connectivity index (χ1v) is 4.71. The Kier molecular flexibility index (Phi) is 4.19. The summed E-state index contributed by atoms with van der Waals surface area (Å²) in [5, 5.41) is 0. The van der Waals surface area contributed by atoms with Gasteiger partial charge in [0.1, 0.15) is 11.8 Å². The maximum atomic E-state index is 10.5. The topological polar surface area (TPSA) is 52.1 Å². The molecule has 0 fully saturated rings. The van der Waals surface area contributed by atoms with Crippen LogP contribution in [0, 0.1) is 0 Å². The van der Waals surface area contributed by atoms with E-state index in [0.717, 1.165) is 6.42 Å². The van der Waals surface area contributed by atoms with Gasteiger partial charge in [-0.2, -0.15) is 0 Å². The summed E-state index contributed by atoms with van der Waals surface area (Å²) in [6, 6.07) is 1.58. The first kappa shape index (κ1) is 10.8. The summed E-state index contributed by atoms with van der Waals surface area (Å²) < 4.78 is 5.44. The number of nitrogens with zero attached hydrogens (tertiary/aromatic N) is 2. The summed E-state index contributed by atoms with van der Waals surface area (Å²) >= 11 is 0. The van der Waals surface area contributed by atoms with Gasteiger partial charge in [-0.05, 0) is 19.4 Å². The first-order valence-electron chi connectivity index (χ1n) is 4.71. The Hall–Kier alpha value is -1.29. The van der Waals surface area contributed by atoms with Gasteiger partial charge in [-0.25, -0.2) is 9.97 Å². The lowest BCUT2D eigenvalue weighted by Crippen LogP contribution is -2.08. The van der Waals surface area contributed by atoms with Crippen LogP contribution in [0.3, 0.4) is 0 Å². The van der Waals surface area contributed by atoms with Gasteiger partial charge in [0.25, 0.3) is 0 Å². The van der Waals surface area contributed by atoms with Crippen LogP contribution in [0.1, 0.15) is 42.7 Å². The molecule has 76 valence electrons. The number of hydrogen-bond acceptors (Lipinski definition) is 4. The molecule has 0 bridgehead atoms. The summed E-state index contributed by atoms with van der Waals surface area (Å²) in [5.41, 5.74) is 0.396. The second-order valence-corrected chi connectivity index (χ2v) is 2.81. The number of ether oxygens (including phenoxy) is 1. The van der Waals surface area contributed by atoms with Crippen LogP contribution in [0.15, 0.2) is 12.3 Å². The predicted molar refractivity (Wildman–Crippen MR) is 52.1 cm³/mol. The average molecular weight is 194 g/mol. The fourth-order valence-electron chi connectivity index (χ4n) is 1.19. The Balaban J connectivity index is 2.86. The van der Waals surface area contributed by atoms with Crippen LogP contribution in [-0.2, 0) is 4.74 Å². The number of aldehydes is 1. The molecule has 1 aromatic rings. The van der Waals surface area contributed by atoms with E-state index in [-0.39, 0.29) is 6.10 Å². The fraction of sp³-hybridized carbons (Fsp3) is 0.500. The van der Waals surface area contributed by atoms with Crippen LogP contribution in [-0.4, -0.2) is 22.9 Å². The third-order valence-corrected chi connectivity index (χ3v) is 1.84. The molecule has 0 aliphatic rings. The van der Waals surface area contributed by atoms with Gasteiger partial charge in [-0.1, -0.05) is 6.92 Å². The highest BCUT2D eigenvalue weighted by molar-refractivity contribution is 5.71. The minimum absolute atomic E-state index is 0.111.